The number of hydrogen-bond donors (Lipinski definition) is 0. The molecule has 2 aromatic heterocycles. The topological polar surface area (TPSA) is 38.7 Å². The van der Waals surface area contributed by atoms with Crippen molar-refractivity contribution in [1.29, 1.82) is 0 Å². The van der Waals surface area contributed by atoms with Crippen LogP contribution in [0.15, 0.2) is 5.38 Å². The molecule has 0 aliphatic carbocycles. The summed E-state index contributed by atoms with van der Waals surface area (Å²) in [5, 5.41) is 1.82. The minimum absolute atomic E-state index is 0.240. The number of thiazole rings is 1. The Hall–Kier alpha value is -0.780. The van der Waals surface area contributed by atoms with Gasteiger partial charge >= 0.3 is 0 Å². The van der Waals surface area contributed by atoms with Crippen molar-refractivity contribution in [1.82, 2.24) is 15.0 Å². The first-order valence-electron chi connectivity index (χ1n) is 3.89. The van der Waals surface area contributed by atoms with Gasteiger partial charge in [0.2, 0.25) is 0 Å². The Balaban J connectivity index is 2.55. The summed E-state index contributed by atoms with van der Waals surface area (Å²) in [7, 11) is 0. The van der Waals surface area contributed by atoms with Crippen molar-refractivity contribution in [2.75, 3.05) is 0 Å². The Kier molecular flexibility index (Phi) is 2.86. The Bertz CT molecular complexity index is 491. The first kappa shape index (κ1) is 10.7. The molecule has 0 fully saturated rings. The molecule has 0 saturated heterocycles. The molecule has 0 radical (unpaired) electrons. The molecule has 0 unspecified atom stereocenters. The number of hydrogen-bond acceptors (Lipinski definition) is 4. The molecule has 7 heteroatoms. The Morgan fingerprint density at radius 1 is 1.20 bits per heavy atom. The van der Waals surface area contributed by atoms with E-state index in [0.29, 0.717) is 5.01 Å². The molecular formula is C8H4Cl2FN3S. The molecule has 0 N–H and O–H groups in total. The van der Waals surface area contributed by atoms with E-state index in [2.05, 4.69) is 15.0 Å². The second-order valence-corrected chi connectivity index (χ2v) is 4.31. The Morgan fingerprint density at radius 3 is 2.27 bits per heavy atom. The van der Waals surface area contributed by atoms with Crippen molar-refractivity contribution in [3.8, 4) is 10.8 Å². The molecule has 0 aliphatic heterocycles. The van der Waals surface area contributed by atoms with Gasteiger partial charge in [-0.2, -0.15) is 0 Å². The van der Waals surface area contributed by atoms with Gasteiger partial charge in [0.25, 0.3) is 0 Å². The first-order chi connectivity index (χ1) is 7.08. The van der Waals surface area contributed by atoms with Crippen molar-refractivity contribution in [2.24, 2.45) is 0 Å². The summed E-state index contributed by atoms with van der Waals surface area (Å²) < 4.78 is 13.0. The third kappa shape index (κ3) is 2.09. The van der Waals surface area contributed by atoms with Gasteiger partial charge in [-0.25, -0.2) is 19.3 Å². The van der Waals surface area contributed by atoms with Crippen LogP contribution in [-0.2, 0) is 0 Å². The molecule has 15 heavy (non-hydrogen) atoms. The second kappa shape index (κ2) is 4.00. The normalized spacial score (nSPS) is 10.7. The van der Waals surface area contributed by atoms with Gasteiger partial charge in [-0.1, -0.05) is 23.2 Å². The molecule has 3 nitrogen and oxygen atoms in total. The van der Waals surface area contributed by atoms with Crippen LogP contribution in [-0.4, -0.2) is 15.0 Å². The number of aromatic nitrogens is 3. The highest BCUT2D eigenvalue weighted by Gasteiger charge is 2.14. The summed E-state index contributed by atoms with van der Waals surface area (Å²) in [6.45, 7) is 1.84. The van der Waals surface area contributed by atoms with Gasteiger partial charge in [-0.3, -0.25) is 0 Å². The highest BCUT2D eigenvalue weighted by molar-refractivity contribution is 7.13. The Labute approximate surface area is 98.9 Å². The van der Waals surface area contributed by atoms with E-state index in [-0.39, 0.29) is 16.1 Å². The summed E-state index contributed by atoms with van der Waals surface area (Å²) in [6, 6.07) is 0. The molecule has 2 rings (SSSR count). The zero-order valence-electron chi connectivity index (χ0n) is 7.46. The lowest BCUT2D eigenvalue weighted by atomic mass is 10.5. The van der Waals surface area contributed by atoms with Crippen molar-refractivity contribution in [3.63, 3.8) is 0 Å². The fourth-order valence-corrected chi connectivity index (χ4v) is 2.06. The monoisotopic (exact) mass is 263 g/mol. The molecular weight excluding hydrogens is 260 g/mol. The van der Waals surface area contributed by atoms with Gasteiger partial charge in [-0.15, -0.1) is 11.3 Å². The summed E-state index contributed by atoms with van der Waals surface area (Å²) in [5.41, 5.74) is 0.843. The van der Waals surface area contributed by atoms with Gasteiger partial charge in [0.15, 0.2) is 27.0 Å². The highest BCUT2D eigenvalue weighted by Crippen LogP contribution is 2.25. The molecule has 0 aliphatic rings. The second-order valence-electron chi connectivity index (χ2n) is 2.74. The van der Waals surface area contributed by atoms with E-state index in [1.165, 1.54) is 11.3 Å². The number of aryl methyl sites for hydroxylation is 1. The van der Waals surface area contributed by atoms with Crippen LogP contribution in [0.3, 0.4) is 0 Å². The summed E-state index contributed by atoms with van der Waals surface area (Å²) in [4.78, 5) is 11.7. The number of rotatable bonds is 1. The van der Waals surface area contributed by atoms with Gasteiger partial charge in [0.05, 0.1) is 0 Å². The summed E-state index contributed by atoms with van der Waals surface area (Å²) in [5.74, 6) is -0.570. The molecule has 0 saturated carbocycles. The van der Waals surface area contributed by atoms with Crippen molar-refractivity contribution < 1.29 is 4.39 Å². The van der Waals surface area contributed by atoms with E-state index in [1.54, 1.807) is 0 Å². The van der Waals surface area contributed by atoms with Crippen LogP contribution in [0.25, 0.3) is 10.8 Å². The third-order valence-electron chi connectivity index (χ3n) is 1.58. The molecule has 0 atom stereocenters. The van der Waals surface area contributed by atoms with Crippen molar-refractivity contribution >= 4 is 34.5 Å². The zero-order valence-corrected chi connectivity index (χ0v) is 9.79. The minimum atomic E-state index is -0.810. The first-order valence-corrected chi connectivity index (χ1v) is 5.52. The number of nitrogens with zero attached hydrogens (tertiary/aromatic N) is 3. The maximum atomic E-state index is 13.0. The van der Waals surface area contributed by atoms with Gasteiger partial charge in [0.1, 0.15) is 0 Å². The highest BCUT2D eigenvalue weighted by atomic mass is 35.5. The van der Waals surface area contributed by atoms with Crippen LogP contribution in [0.2, 0.25) is 10.3 Å². The molecule has 0 aromatic carbocycles. The van der Waals surface area contributed by atoms with Gasteiger partial charge in [0, 0.05) is 11.1 Å². The largest absolute Gasteiger partial charge is 0.238 e. The van der Waals surface area contributed by atoms with Crippen LogP contribution in [0.1, 0.15) is 5.69 Å². The standard InChI is InChI=1S/C8H4Cl2FN3S/c1-3-2-15-8(12-3)7-13-5(9)4(11)6(10)14-7/h2H,1H3. The van der Waals surface area contributed by atoms with E-state index in [1.807, 2.05) is 12.3 Å². The third-order valence-corrected chi connectivity index (χ3v) is 3.04. The summed E-state index contributed by atoms with van der Waals surface area (Å²) >= 11 is 12.4. The quantitative estimate of drug-likeness (QED) is 0.741. The van der Waals surface area contributed by atoms with Crippen LogP contribution < -0.4 is 0 Å². The van der Waals surface area contributed by atoms with Crippen LogP contribution >= 0.6 is 34.5 Å². The molecule has 0 spiro atoms. The smallest absolute Gasteiger partial charge is 0.197 e. The van der Waals surface area contributed by atoms with Crippen LogP contribution in [0.5, 0.6) is 0 Å². The van der Waals surface area contributed by atoms with Crippen LogP contribution in [0, 0.1) is 12.7 Å². The van der Waals surface area contributed by atoms with Crippen LogP contribution in [0.4, 0.5) is 4.39 Å². The van der Waals surface area contributed by atoms with Gasteiger partial charge < -0.3 is 0 Å². The van der Waals surface area contributed by atoms with E-state index in [9.17, 15) is 4.39 Å². The lowest BCUT2D eigenvalue weighted by Crippen LogP contribution is -1.94. The lowest BCUT2D eigenvalue weighted by molar-refractivity contribution is 0.615. The maximum absolute atomic E-state index is 13.0. The Morgan fingerprint density at radius 2 is 1.80 bits per heavy atom. The molecule has 0 bridgehead atoms. The number of halogens is 3. The average Bonchev–Trinajstić information content (AvgIpc) is 2.60. The minimum Gasteiger partial charge on any atom is -0.238 e. The SMILES string of the molecule is Cc1csc(-c2nc(Cl)c(F)c(Cl)n2)n1. The van der Waals surface area contributed by atoms with E-state index in [4.69, 9.17) is 23.2 Å². The summed E-state index contributed by atoms with van der Waals surface area (Å²) in [6.07, 6.45) is 0. The lowest BCUT2D eigenvalue weighted by Gasteiger charge is -1.98. The van der Waals surface area contributed by atoms with E-state index >= 15 is 0 Å². The molecule has 2 aromatic rings. The molecule has 2 heterocycles. The molecule has 0 amide bonds. The predicted octanol–water partition coefficient (Wildman–Crippen LogP) is 3.35. The van der Waals surface area contributed by atoms with Crippen molar-refractivity contribution in [2.45, 2.75) is 6.92 Å². The molecule has 78 valence electrons. The van der Waals surface area contributed by atoms with E-state index < -0.39 is 5.82 Å². The zero-order chi connectivity index (χ0) is 11.0. The maximum Gasteiger partial charge on any atom is 0.197 e. The fraction of sp³-hybridized carbons (Fsp3) is 0.125. The average molecular weight is 264 g/mol. The van der Waals surface area contributed by atoms with E-state index in [0.717, 1.165) is 5.69 Å². The fourth-order valence-electron chi connectivity index (χ4n) is 0.947. The van der Waals surface area contributed by atoms with Gasteiger partial charge in [-0.05, 0) is 6.92 Å². The van der Waals surface area contributed by atoms with Crippen molar-refractivity contribution in [3.05, 3.63) is 27.2 Å². The predicted molar refractivity (Wildman–Crippen MR) is 57.9 cm³/mol.